The highest BCUT2D eigenvalue weighted by molar-refractivity contribution is 7.98. The molecule has 24 heavy (non-hydrogen) atoms. The molecule has 3 N–H and O–H groups in total. The van der Waals surface area contributed by atoms with E-state index in [9.17, 15) is 4.79 Å². The van der Waals surface area contributed by atoms with Crippen LogP contribution in [0.4, 0.5) is 5.69 Å². The SMILES string of the molecule is CSc1ccc2cc(CNc3ccc4[nH]ncc4c3)c(=O)[nH]c2c1. The minimum Gasteiger partial charge on any atom is -0.381 e. The van der Waals surface area contributed by atoms with Gasteiger partial charge in [0.1, 0.15) is 0 Å². The van der Waals surface area contributed by atoms with Crippen molar-refractivity contribution >= 4 is 39.3 Å². The Hall–Kier alpha value is -2.73. The summed E-state index contributed by atoms with van der Waals surface area (Å²) in [5.41, 5.74) is 3.48. The van der Waals surface area contributed by atoms with Crippen LogP contribution in [-0.2, 0) is 6.54 Å². The van der Waals surface area contributed by atoms with Gasteiger partial charge in [-0.2, -0.15) is 5.10 Å². The fourth-order valence-corrected chi connectivity index (χ4v) is 3.17. The molecular formula is C18H16N4OS. The van der Waals surface area contributed by atoms with E-state index in [2.05, 4.69) is 26.6 Å². The van der Waals surface area contributed by atoms with Gasteiger partial charge in [0.05, 0.1) is 11.7 Å². The fourth-order valence-electron chi connectivity index (χ4n) is 2.73. The first kappa shape index (κ1) is 14.8. The third-order valence-corrected chi connectivity index (χ3v) is 4.78. The van der Waals surface area contributed by atoms with Crippen LogP contribution >= 0.6 is 11.8 Å². The molecule has 0 bridgehead atoms. The molecule has 0 atom stereocenters. The maximum absolute atomic E-state index is 12.3. The second-order valence-electron chi connectivity index (χ2n) is 5.60. The molecule has 0 aliphatic rings. The molecule has 0 amide bonds. The predicted octanol–water partition coefficient (Wildman–Crippen LogP) is 3.74. The lowest BCUT2D eigenvalue weighted by atomic mass is 10.1. The van der Waals surface area contributed by atoms with E-state index in [4.69, 9.17) is 0 Å². The van der Waals surface area contributed by atoms with Gasteiger partial charge in [0.25, 0.3) is 5.56 Å². The van der Waals surface area contributed by atoms with E-state index in [-0.39, 0.29) is 5.56 Å². The molecule has 2 aromatic heterocycles. The third-order valence-electron chi connectivity index (χ3n) is 4.05. The van der Waals surface area contributed by atoms with Crippen molar-refractivity contribution in [1.29, 1.82) is 0 Å². The highest BCUT2D eigenvalue weighted by Gasteiger charge is 2.05. The van der Waals surface area contributed by atoms with Gasteiger partial charge in [-0.15, -0.1) is 11.8 Å². The molecule has 120 valence electrons. The van der Waals surface area contributed by atoms with E-state index >= 15 is 0 Å². The topological polar surface area (TPSA) is 73.6 Å². The monoisotopic (exact) mass is 336 g/mol. The average Bonchev–Trinajstić information content (AvgIpc) is 3.07. The lowest BCUT2D eigenvalue weighted by molar-refractivity contribution is 1.09. The third kappa shape index (κ3) is 2.76. The Labute approximate surface area is 142 Å². The molecule has 2 aromatic carbocycles. The number of aromatic nitrogens is 3. The number of aromatic amines is 2. The molecule has 0 radical (unpaired) electrons. The number of H-pyrrole nitrogens is 2. The van der Waals surface area contributed by atoms with Gasteiger partial charge in [0.2, 0.25) is 0 Å². The number of hydrogen-bond donors (Lipinski definition) is 3. The Morgan fingerprint density at radius 3 is 2.88 bits per heavy atom. The van der Waals surface area contributed by atoms with Gasteiger partial charge in [0, 0.05) is 33.6 Å². The normalized spacial score (nSPS) is 11.2. The molecule has 5 nitrogen and oxygen atoms in total. The molecule has 4 aromatic rings. The van der Waals surface area contributed by atoms with E-state index < -0.39 is 0 Å². The van der Waals surface area contributed by atoms with E-state index in [1.54, 1.807) is 18.0 Å². The van der Waals surface area contributed by atoms with Crippen molar-refractivity contribution in [1.82, 2.24) is 15.2 Å². The lowest BCUT2D eigenvalue weighted by Gasteiger charge is -2.08. The molecule has 0 aliphatic carbocycles. The van der Waals surface area contributed by atoms with Crippen molar-refractivity contribution in [2.24, 2.45) is 0 Å². The summed E-state index contributed by atoms with van der Waals surface area (Å²) in [6, 6.07) is 14.0. The molecule has 2 heterocycles. The minimum absolute atomic E-state index is 0.0577. The molecular weight excluding hydrogens is 320 g/mol. The number of nitrogens with one attached hydrogen (secondary N) is 3. The molecule has 0 saturated carbocycles. The van der Waals surface area contributed by atoms with Crippen LogP contribution in [0.5, 0.6) is 0 Å². The standard InChI is InChI=1S/C18H16N4OS/c1-24-15-4-2-11-6-13(18(23)21-17(11)8-15)9-19-14-3-5-16-12(7-14)10-20-22-16/h2-8,10,19H,9H2,1H3,(H,20,22)(H,21,23). The van der Waals surface area contributed by atoms with Gasteiger partial charge in [-0.1, -0.05) is 6.07 Å². The van der Waals surface area contributed by atoms with Crippen molar-refractivity contribution in [3.05, 3.63) is 64.6 Å². The Balaban J connectivity index is 1.61. The van der Waals surface area contributed by atoms with Crippen LogP contribution in [0.2, 0.25) is 0 Å². The van der Waals surface area contributed by atoms with E-state index in [1.165, 1.54) is 0 Å². The van der Waals surface area contributed by atoms with Crippen molar-refractivity contribution in [2.75, 3.05) is 11.6 Å². The summed E-state index contributed by atoms with van der Waals surface area (Å²) < 4.78 is 0. The maximum atomic E-state index is 12.3. The van der Waals surface area contributed by atoms with Gasteiger partial charge in [-0.25, -0.2) is 0 Å². The largest absolute Gasteiger partial charge is 0.381 e. The predicted molar refractivity (Wildman–Crippen MR) is 99.8 cm³/mol. The summed E-state index contributed by atoms with van der Waals surface area (Å²) in [6.07, 6.45) is 3.81. The first-order valence-electron chi connectivity index (χ1n) is 7.60. The van der Waals surface area contributed by atoms with Crippen molar-refractivity contribution in [3.8, 4) is 0 Å². The Morgan fingerprint density at radius 1 is 1.08 bits per heavy atom. The minimum atomic E-state index is -0.0577. The van der Waals surface area contributed by atoms with Crippen LogP contribution in [0.25, 0.3) is 21.8 Å². The summed E-state index contributed by atoms with van der Waals surface area (Å²) in [5, 5.41) is 12.3. The van der Waals surface area contributed by atoms with Crippen LogP contribution in [-0.4, -0.2) is 21.4 Å². The Kier molecular flexibility index (Phi) is 3.74. The Morgan fingerprint density at radius 2 is 2.00 bits per heavy atom. The second-order valence-corrected chi connectivity index (χ2v) is 6.48. The van der Waals surface area contributed by atoms with E-state index in [0.29, 0.717) is 12.1 Å². The van der Waals surface area contributed by atoms with E-state index in [1.807, 2.05) is 42.7 Å². The Bertz CT molecular complexity index is 1080. The summed E-state index contributed by atoms with van der Waals surface area (Å²) in [7, 11) is 0. The summed E-state index contributed by atoms with van der Waals surface area (Å²) >= 11 is 1.66. The van der Waals surface area contributed by atoms with Gasteiger partial charge < -0.3 is 10.3 Å². The van der Waals surface area contributed by atoms with Crippen LogP contribution in [0, 0.1) is 0 Å². The van der Waals surface area contributed by atoms with Gasteiger partial charge >= 0.3 is 0 Å². The zero-order chi connectivity index (χ0) is 16.5. The number of benzene rings is 2. The first-order chi connectivity index (χ1) is 11.7. The zero-order valence-electron chi connectivity index (χ0n) is 13.1. The molecule has 0 aliphatic heterocycles. The number of hydrogen-bond acceptors (Lipinski definition) is 4. The lowest BCUT2D eigenvalue weighted by Crippen LogP contribution is -2.15. The molecule has 4 rings (SSSR count). The zero-order valence-corrected chi connectivity index (χ0v) is 13.9. The number of anilines is 1. The second kappa shape index (κ2) is 6.05. The summed E-state index contributed by atoms with van der Waals surface area (Å²) in [4.78, 5) is 16.4. The molecule has 0 unspecified atom stereocenters. The average molecular weight is 336 g/mol. The molecule has 0 saturated heterocycles. The number of nitrogens with zero attached hydrogens (tertiary/aromatic N) is 1. The molecule has 6 heteroatoms. The number of rotatable bonds is 4. The van der Waals surface area contributed by atoms with Crippen LogP contribution in [0.15, 0.2) is 58.4 Å². The van der Waals surface area contributed by atoms with Gasteiger partial charge in [-0.05, 0) is 48.0 Å². The number of pyridine rings is 1. The highest BCUT2D eigenvalue weighted by atomic mass is 32.2. The van der Waals surface area contributed by atoms with Crippen LogP contribution in [0.3, 0.4) is 0 Å². The van der Waals surface area contributed by atoms with Crippen LogP contribution < -0.4 is 10.9 Å². The quantitative estimate of drug-likeness (QED) is 0.496. The number of fused-ring (bicyclic) bond motifs is 2. The fraction of sp³-hybridized carbons (Fsp3) is 0.111. The summed E-state index contributed by atoms with van der Waals surface area (Å²) in [5.74, 6) is 0. The van der Waals surface area contributed by atoms with Crippen molar-refractivity contribution < 1.29 is 0 Å². The van der Waals surface area contributed by atoms with Crippen molar-refractivity contribution in [3.63, 3.8) is 0 Å². The first-order valence-corrected chi connectivity index (χ1v) is 8.82. The van der Waals surface area contributed by atoms with Gasteiger partial charge in [0.15, 0.2) is 0 Å². The number of thioether (sulfide) groups is 1. The van der Waals surface area contributed by atoms with E-state index in [0.717, 1.165) is 32.4 Å². The molecule has 0 spiro atoms. The molecule has 0 fully saturated rings. The summed E-state index contributed by atoms with van der Waals surface area (Å²) in [6.45, 7) is 0.471. The van der Waals surface area contributed by atoms with Crippen molar-refractivity contribution in [2.45, 2.75) is 11.4 Å². The maximum Gasteiger partial charge on any atom is 0.253 e. The van der Waals surface area contributed by atoms with Gasteiger partial charge in [-0.3, -0.25) is 9.89 Å². The highest BCUT2D eigenvalue weighted by Crippen LogP contribution is 2.21. The van der Waals surface area contributed by atoms with Crippen LogP contribution in [0.1, 0.15) is 5.56 Å². The smallest absolute Gasteiger partial charge is 0.253 e.